The first kappa shape index (κ1) is 21.2. The summed E-state index contributed by atoms with van der Waals surface area (Å²) in [5, 5.41) is 20.1. The summed E-state index contributed by atoms with van der Waals surface area (Å²) in [6.45, 7) is -0.300. The molecule has 0 spiro atoms. The molecule has 0 aliphatic rings. The Morgan fingerprint density at radius 1 is 1.03 bits per heavy atom. The van der Waals surface area contributed by atoms with Crippen LogP contribution < -0.4 is 14.8 Å². The van der Waals surface area contributed by atoms with E-state index in [-0.39, 0.29) is 18.2 Å². The number of nitrogens with one attached hydrogen (secondary N) is 2. The number of carbonyl (C=O) groups is 1. The van der Waals surface area contributed by atoms with Gasteiger partial charge in [-0.25, -0.2) is 0 Å². The standard InChI is InChI=1S/C22H15Cl2N3O3/c23-16-8-14(12-25)9-18(10-16)30-20-11-17(6-7-19(20)24)29-13-21(28)27-22(26)15-4-2-1-3-5-15/h1-11H,13H2,(H2,26,27,28). The van der Waals surface area contributed by atoms with E-state index in [2.05, 4.69) is 5.32 Å². The van der Waals surface area contributed by atoms with E-state index in [9.17, 15) is 4.79 Å². The number of amidine groups is 1. The number of nitriles is 1. The molecule has 6 nitrogen and oxygen atoms in total. The van der Waals surface area contributed by atoms with Crippen LogP contribution in [0.1, 0.15) is 11.1 Å². The summed E-state index contributed by atoms with van der Waals surface area (Å²) < 4.78 is 11.2. The molecule has 150 valence electrons. The molecule has 0 unspecified atom stereocenters. The fourth-order valence-electron chi connectivity index (χ4n) is 2.47. The number of halogens is 2. The molecule has 3 rings (SSSR count). The van der Waals surface area contributed by atoms with Gasteiger partial charge in [-0.05, 0) is 30.3 Å². The highest BCUT2D eigenvalue weighted by Crippen LogP contribution is 2.34. The number of benzene rings is 3. The normalized spacial score (nSPS) is 10.0. The van der Waals surface area contributed by atoms with Gasteiger partial charge in [0.2, 0.25) is 0 Å². The van der Waals surface area contributed by atoms with Gasteiger partial charge in [-0.1, -0.05) is 53.5 Å². The topological polar surface area (TPSA) is 95.2 Å². The molecular formula is C22H15Cl2N3O3. The zero-order valence-corrected chi connectivity index (χ0v) is 17.0. The summed E-state index contributed by atoms with van der Waals surface area (Å²) in [5.41, 5.74) is 0.935. The summed E-state index contributed by atoms with van der Waals surface area (Å²) >= 11 is 12.2. The summed E-state index contributed by atoms with van der Waals surface area (Å²) in [6.07, 6.45) is 0. The monoisotopic (exact) mass is 439 g/mol. The Kier molecular flexibility index (Phi) is 6.91. The second kappa shape index (κ2) is 9.79. The maximum atomic E-state index is 12.1. The van der Waals surface area contributed by atoms with E-state index in [0.29, 0.717) is 32.7 Å². The predicted molar refractivity (Wildman–Crippen MR) is 115 cm³/mol. The summed E-state index contributed by atoms with van der Waals surface area (Å²) in [4.78, 5) is 12.1. The van der Waals surface area contributed by atoms with Crippen molar-refractivity contribution in [2.45, 2.75) is 0 Å². The molecule has 2 N–H and O–H groups in total. The van der Waals surface area contributed by atoms with Crippen molar-refractivity contribution in [1.29, 1.82) is 10.7 Å². The highest BCUT2D eigenvalue weighted by atomic mass is 35.5. The van der Waals surface area contributed by atoms with Crippen LogP contribution in [0.4, 0.5) is 0 Å². The molecule has 3 aromatic rings. The summed E-state index contributed by atoms with van der Waals surface area (Å²) in [7, 11) is 0. The van der Waals surface area contributed by atoms with E-state index in [1.54, 1.807) is 42.5 Å². The first-order valence-corrected chi connectivity index (χ1v) is 9.45. The van der Waals surface area contributed by atoms with Gasteiger partial charge in [0.25, 0.3) is 5.91 Å². The molecule has 0 heterocycles. The number of hydrogen-bond acceptors (Lipinski definition) is 5. The van der Waals surface area contributed by atoms with Crippen molar-refractivity contribution in [1.82, 2.24) is 5.32 Å². The zero-order chi connectivity index (χ0) is 21.5. The maximum Gasteiger partial charge on any atom is 0.263 e. The lowest BCUT2D eigenvalue weighted by molar-refractivity contribution is -0.121. The molecular weight excluding hydrogens is 425 g/mol. The van der Waals surface area contributed by atoms with Gasteiger partial charge < -0.3 is 14.8 Å². The minimum atomic E-state index is -0.477. The van der Waals surface area contributed by atoms with E-state index < -0.39 is 5.91 Å². The molecule has 0 saturated heterocycles. The van der Waals surface area contributed by atoms with E-state index >= 15 is 0 Å². The van der Waals surface area contributed by atoms with Crippen LogP contribution in [0.3, 0.4) is 0 Å². The van der Waals surface area contributed by atoms with Crippen molar-refractivity contribution < 1.29 is 14.3 Å². The van der Waals surface area contributed by atoms with Crippen molar-refractivity contribution >= 4 is 34.9 Å². The number of carbonyl (C=O) groups excluding carboxylic acids is 1. The Bertz CT molecular complexity index is 1130. The fraction of sp³-hybridized carbons (Fsp3) is 0.0455. The van der Waals surface area contributed by atoms with Crippen LogP contribution in [-0.2, 0) is 4.79 Å². The van der Waals surface area contributed by atoms with Crippen molar-refractivity contribution in [2.24, 2.45) is 0 Å². The molecule has 0 aliphatic heterocycles. The fourth-order valence-corrected chi connectivity index (χ4v) is 2.85. The minimum absolute atomic E-state index is 0.0152. The van der Waals surface area contributed by atoms with Gasteiger partial charge in [-0.3, -0.25) is 10.2 Å². The zero-order valence-electron chi connectivity index (χ0n) is 15.5. The van der Waals surface area contributed by atoms with E-state index in [4.69, 9.17) is 43.3 Å². The molecule has 0 radical (unpaired) electrons. The lowest BCUT2D eigenvalue weighted by atomic mass is 10.2. The second-order valence-corrected chi connectivity index (χ2v) is 6.90. The van der Waals surface area contributed by atoms with Crippen molar-refractivity contribution in [3.05, 3.63) is 87.9 Å². The Labute approximate surface area is 183 Å². The number of amides is 1. The molecule has 3 aromatic carbocycles. The SMILES string of the molecule is N#Cc1cc(Cl)cc(Oc2cc(OCC(=O)NC(=N)c3ccccc3)ccc2Cl)c1. The molecule has 0 saturated carbocycles. The van der Waals surface area contributed by atoms with E-state index in [0.717, 1.165) is 0 Å². The van der Waals surface area contributed by atoms with Gasteiger partial charge in [0.05, 0.1) is 16.7 Å². The van der Waals surface area contributed by atoms with Crippen molar-refractivity contribution in [2.75, 3.05) is 6.61 Å². The Morgan fingerprint density at radius 2 is 1.80 bits per heavy atom. The molecule has 0 aliphatic carbocycles. The van der Waals surface area contributed by atoms with E-state index in [1.165, 1.54) is 18.2 Å². The molecule has 0 aromatic heterocycles. The van der Waals surface area contributed by atoms with Crippen molar-refractivity contribution in [3.63, 3.8) is 0 Å². The Balaban J connectivity index is 1.64. The van der Waals surface area contributed by atoms with Crippen LogP contribution in [0, 0.1) is 16.7 Å². The number of nitrogens with zero attached hydrogens (tertiary/aromatic N) is 1. The quantitative estimate of drug-likeness (QED) is 0.408. The molecule has 0 bridgehead atoms. The third kappa shape index (κ3) is 5.74. The maximum absolute atomic E-state index is 12.1. The van der Waals surface area contributed by atoms with Gasteiger partial charge >= 0.3 is 0 Å². The van der Waals surface area contributed by atoms with Gasteiger partial charge in [0, 0.05) is 16.7 Å². The average Bonchev–Trinajstić information content (AvgIpc) is 2.74. The predicted octanol–water partition coefficient (Wildman–Crippen LogP) is 5.18. The third-order valence-electron chi connectivity index (χ3n) is 3.83. The summed E-state index contributed by atoms with van der Waals surface area (Å²) in [5.74, 6) is 0.469. The van der Waals surface area contributed by atoms with Crippen LogP contribution >= 0.6 is 23.2 Å². The number of ether oxygens (including phenoxy) is 2. The first-order valence-electron chi connectivity index (χ1n) is 8.69. The van der Waals surface area contributed by atoms with Crippen LogP contribution in [-0.4, -0.2) is 18.3 Å². The molecule has 1 amide bonds. The molecule has 30 heavy (non-hydrogen) atoms. The average molecular weight is 440 g/mol. The number of rotatable bonds is 6. The van der Waals surface area contributed by atoms with Gasteiger partial charge in [-0.2, -0.15) is 5.26 Å². The summed E-state index contributed by atoms with van der Waals surface area (Å²) in [6, 6.07) is 20.1. The number of hydrogen-bond donors (Lipinski definition) is 2. The first-order chi connectivity index (χ1) is 14.4. The van der Waals surface area contributed by atoms with Crippen molar-refractivity contribution in [3.8, 4) is 23.3 Å². The lowest BCUT2D eigenvalue weighted by Gasteiger charge is -2.12. The Morgan fingerprint density at radius 3 is 2.53 bits per heavy atom. The highest BCUT2D eigenvalue weighted by Gasteiger charge is 2.11. The highest BCUT2D eigenvalue weighted by molar-refractivity contribution is 6.32. The minimum Gasteiger partial charge on any atom is -0.484 e. The van der Waals surface area contributed by atoms with Crippen LogP contribution in [0.5, 0.6) is 17.2 Å². The van der Waals surface area contributed by atoms with Crippen LogP contribution in [0.15, 0.2) is 66.7 Å². The van der Waals surface area contributed by atoms with Gasteiger partial charge in [-0.15, -0.1) is 0 Å². The van der Waals surface area contributed by atoms with Crippen LogP contribution in [0.2, 0.25) is 10.0 Å². The molecule has 8 heteroatoms. The van der Waals surface area contributed by atoms with Gasteiger partial charge in [0.1, 0.15) is 23.1 Å². The second-order valence-electron chi connectivity index (χ2n) is 6.06. The third-order valence-corrected chi connectivity index (χ3v) is 4.36. The molecule has 0 fully saturated rings. The lowest BCUT2D eigenvalue weighted by Crippen LogP contribution is -2.34. The van der Waals surface area contributed by atoms with E-state index in [1.807, 2.05) is 12.1 Å². The Hall–Kier alpha value is -3.53. The smallest absolute Gasteiger partial charge is 0.263 e. The molecule has 0 atom stereocenters. The van der Waals surface area contributed by atoms with Gasteiger partial charge in [0.15, 0.2) is 6.61 Å². The largest absolute Gasteiger partial charge is 0.484 e. The van der Waals surface area contributed by atoms with Crippen LogP contribution in [0.25, 0.3) is 0 Å².